The third-order valence-electron chi connectivity index (χ3n) is 10.1. The predicted molar refractivity (Wildman–Crippen MR) is 190 cm³/mol. The number of carbonyl (C=O) groups is 4. The quantitative estimate of drug-likeness (QED) is 0.118. The van der Waals surface area contributed by atoms with Crippen molar-refractivity contribution in [2.75, 3.05) is 0 Å². The van der Waals surface area contributed by atoms with E-state index in [1.54, 1.807) is 12.2 Å². The Hall–Kier alpha value is -6.30. The second kappa shape index (κ2) is 10.1. The lowest BCUT2D eigenvalue weighted by Crippen LogP contribution is -2.16. The summed E-state index contributed by atoms with van der Waals surface area (Å²) in [4.78, 5) is 63.7. The Balaban J connectivity index is 1.17. The molecule has 8 nitrogen and oxygen atoms in total. The van der Waals surface area contributed by atoms with Gasteiger partial charge in [-0.15, -0.1) is 22.7 Å². The van der Waals surface area contributed by atoms with Crippen molar-refractivity contribution in [3.8, 4) is 12.1 Å². The Bertz CT molecular complexity index is 2420. The maximum atomic E-state index is 13.4. The minimum atomic E-state index is -0.468. The maximum absolute atomic E-state index is 13.4. The van der Waals surface area contributed by atoms with Crippen molar-refractivity contribution in [3.63, 3.8) is 0 Å². The molecular weight excluding hydrogens is 665 g/mol. The van der Waals surface area contributed by atoms with Crippen molar-refractivity contribution >= 4 is 80.5 Å². The van der Waals surface area contributed by atoms with Crippen LogP contribution in [0.15, 0.2) is 47.5 Å². The Morgan fingerprint density at radius 2 is 0.940 bits per heavy atom. The largest absolute Gasteiger partial charge is 0.288 e. The van der Waals surface area contributed by atoms with Gasteiger partial charge in [-0.25, -0.2) is 0 Å². The minimum Gasteiger partial charge on any atom is -0.288 e. The van der Waals surface area contributed by atoms with Gasteiger partial charge in [-0.05, 0) is 58.7 Å². The molecule has 50 heavy (non-hydrogen) atoms. The number of fused-ring (bicyclic) bond motifs is 6. The van der Waals surface area contributed by atoms with Crippen molar-refractivity contribution in [3.05, 3.63) is 134 Å². The van der Waals surface area contributed by atoms with Gasteiger partial charge in [-0.2, -0.15) is 10.5 Å². The van der Waals surface area contributed by atoms with Gasteiger partial charge in [0.15, 0.2) is 34.5 Å². The molecular formula is C40H20N4O4S2. The number of thiophene rings is 2. The number of allylic oxidation sites excluding steroid dienone is 4. The summed E-state index contributed by atoms with van der Waals surface area (Å²) in [7, 11) is 0. The molecule has 0 saturated heterocycles. The molecule has 2 aromatic carbocycles. The molecule has 0 radical (unpaired) electrons. The molecule has 2 heterocycles. The lowest BCUT2D eigenvalue weighted by molar-refractivity contribution is 0.0975. The highest BCUT2D eigenvalue weighted by atomic mass is 32.1. The number of carbonyl (C=O) groups excluding carboxylic acids is 4. The summed E-state index contributed by atoms with van der Waals surface area (Å²) in [5.74, 6) is -1.85. The van der Waals surface area contributed by atoms with Gasteiger partial charge < -0.3 is 0 Å². The molecule has 4 aliphatic rings. The SMILES string of the molecule is [C-]#[N+]c1cc2c(cc1[N+]#[C-])C(=O)C(=Cc1cc3c(s1)C1=C(c4sc(C=C5C(=O)c6cc(C#N)c(C#N)cc6C5=O)cc4C1(C)C)C3(C)C)C2=O. The number of nitriles is 2. The lowest BCUT2D eigenvalue weighted by Gasteiger charge is -2.23. The molecule has 0 saturated carbocycles. The lowest BCUT2D eigenvalue weighted by atomic mass is 9.80. The molecule has 0 N–H and O–H groups in total. The van der Waals surface area contributed by atoms with Crippen LogP contribution in [0.2, 0.25) is 0 Å². The van der Waals surface area contributed by atoms with Crippen molar-refractivity contribution in [1.82, 2.24) is 0 Å². The first kappa shape index (κ1) is 31.0. The van der Waals surface area contributed by atoms with Gasteiger partial charge in [0.05, 0.1) is 35.4 Å². The third kappa shape index (κ3) is 3.86. The van der Waals surface area contributed by atoms with E-state index in [1.165, 1.54) is 46.9 Å². The average molecular weight is 685 g/mol. The van der Waals surface area contributed by atoms with Crippen LogP contribution in [0.4, 0.5) is 11.4 Å². The zero-order chi connectivity index (χ0) is 35.6. The molecule has 4 aromatic rings. The van der Waals surface area contributed by atoms with Crippen LogP contribution in [0, 0.1) is 35.8 Å². The van der Waals surface area contributed by atoms with Gasteiger partial charge in [0.2, 0.25) is 0 Å². The molecule has 0 unspecified atom stereocenters. The number of hydrogen-bond donors (Lipinski definition) is 0. The van der Waals surface area contributed by atoms with E-state index in [0.29, 0.717) is 0 Å². The zero-order valence-electron chi connectivity index (χ0n) is 26.9. The summed E-state index contributed by atoms with van der Waals surface area (Å²) >= 11 is 3.02. The summed E-state index contributed by atoms with van der Waals surface area (Å²) in [5, 5.41) is 18.8. The second-order valence-corrected chi connectivity index (χ2v) is 15.7. The van der Waals surface area contributed by atoms with Gasteiger partial charge in [-0.3, -0.25) is 28.9 Å². The molecule has 0 atom stereocenters. The zero-order valence-corrected chi connectivity index (χ0v) is 28.5. The molecule has 0 aliphatic heterocycles. The Morgan fingerprint density at radius 3 is 1.26 bits per heavy atom. The van der Waals surface area contributed by atoms with Gasteiger partial charge in [0, 0.05) is 52.6 Å². The van der Waals surface area contributed by atoms with Crippen LogP contribution in [0.3, 0.4) is 0 Å². The topological polar surface area (TPSA) is 125 Å². The smallest absolute Gasteiger partial charge is 0.197 e. The Labute approximate surface area is 294 Å². The fraction of sp³-hybridized carbons (Fsp3) is 0.150. The Morgan fingerprint density at radius 1 is 0.600 bits per heavy atom. The molecule has 4 aliphatic carbocycles. The van der Waals surface area contributed by atoms with E-state index in [4.69, 9.17) is 13.1 Å². The molecule has 236 valence electrons. The number of rotatable bonds is 2. The average Bonchev–Trinajstić information content (AvgIpc) is 3.89. The van der Waals surface area contributed by atoms with E-state index in [-0.39, 0.29) is 55.9 Å². The van der Waals surface area contributed by atoms with Crippen LogP contribution in [0.5, 0.6) is 0 Å². The predicted octanol–water partition coefficient (Wildman–Crippen LogP) is 9.07. The van der Waals surface area contributed by atoms with Crippen LogP contribution in [0.25, 0.3) is 33.0 Å². The number of benzene rings is 2. The van der Waals surface area contributed by atoms with E-state index >= 15 is 0 Å². The van der Waals surface area contributed by atoms with Gasteiger partial charge in [0.25, 0.3) is 0 Å². The van der Waals surface area contributed by atoms with Crippen LogP contribution in [0.1, 0.15) is 111 Å². The highest BCUT2D eigenvalue weighted by Gasteiger charge is 2.52. The first-order valence-corrected chi connectivity index (χ1v) is 17.0. The summed E-state index contributed by atoms with van der Waals surface area (Å²) < 4.78 is 0. The van der Waals surface area contributed by atoms with E-state index in [1.807, 2.05) is 24.3 Å². The summed E-state index contributed by atoms with van der Waals surface area (Å²) in [6.07, 6.45) is 3.23. The number of hydrogen-bond acceptors (Lipinski definition) is 8. The molecule has 0 spiro atoms. The van der Waals surface area contributed by atoms with Crippen molar-refractivity contribution in [1.29, 1.82) is 10.5 Å². The normalized spacial score (nSPS) is 17.0. The Kier molecular flexibility index (Phi) is 6.27. The van der Waals surface area contributed by atoms with E-state index in [9.17, 15) is 29.7 Å². The molecule has 0 bridgehead atoms. The molecule has 0 amide bonds. The van der Waals surface area contributed by atoms with Crippen molar-refractivity contribution in [2.24, 2.45) is 0 Å². The van der Waals surface area contributed by atoms with Gasteiger partial charge in [0.1, 0.15) is 12.1 Å². The first-order chi connectivity index (χ1) is 23.8. The highest BCUT2D eigenvalue weighted by molar-refractivity contribution is 7.16. The second-order valence-electron chi connectivity index (χ2n) is 13.5. The van der Waals surface area contributed by atoms with E-state index < -0.39 is 34.0 Å². The molecule has 2 aromatic heterocycles. The first-order valence-electron chi connectivity index (χ1n) is 15.3. The van der Waals surface area contributed by atoms with Gasteiger partial charge >= 0.3 is 0 Å². The van der Waals surface area contributed by atoms with Crippen LogP contribution >= 0.6 is 22.7 Å². The fourth-order valence-corrected chi connectivity index (χ4v) is 10.5. The van der Waals surface area contributed by atoms with Gasteiger partial charge in [-0.1, -0.05) is 39.8 Å². The maximum Gasteiger partial charge on any atom is 0.197 e. The monoisotopic (exact) mass is 684 g/mol. The number of nitrogens with zero attached hydrogens (tertiary/aromatic N) is 4. The van der Waals surface area contributed by atoms with Crippen molar-refractivity contribution in [2.45, 2.75) is 38.5 Å². The van der Waals surface area contributed by atoms with Crippen LogP contribution < -0.4 is 0 Å². The molecule has 10 heteroatoms. The minimum absolute atomic E-state index is 0.00200. The van der Waals surface area contributed by atoms with E-state index in [2.05, 4.69) is 37.4 Å². The van der Waals surface area contributed by atoms with E-state index in [0.717, 1.165) is 41.8 Å². The standard InChI is InChI=1S/C40H20N4O4S2/c1-39(2)27-11-19(9-25-33(45)21-7-17(15-41)18(16-42)8-22(21)34(25)46)49-37(27)31-32(39)38-28(40(31,3)4)12-20(50-38)10-26-35(47)23-13-29(43-5)30(44-6)14-24(23)36(26)48/h7-14H,1-4H3. The van der Waals surface area contributed by atoms with Crippen LogP contribution in [-0.2, 0) is 10.8 Å². The molecule has 0 fully saturated rings. The number of Topliss-reactive ketones (excluding diaryl/α,β-unsaturated/α-hetero) is 4. The summed E-state index contributed by atoms with van der Waals surface area (Å²) in [6.45, 7) is 23.3. The van der Waals surface area contributed by atoms with Crippen molar-refractivity contribution < 1.29 is 19.2 Å². The third-order valence-corrected chi connectivity index (χ3v) is 12.3. The molecule has 8 rings (SSSR count). The summed E-state index contributed by atoms with van der Waals surface area (Å²) in [6, 6.07) is 13.2. The number of ketones is 4. The highest BCUT2D eigenvalue weighted by Crippen LogP contribution is 2.66. The summed E-state index contributed by atoms with van der Waals surface area (Å²) in [5.41, 5.74) is 4.35. The fourth-order valence-electron chi connectivity index (χ4n) is 7.58. The van der Waals surface area contributed by atoms with Crippen LogP contribution in [-0.4, -0.2) is 23.1 Å².